The molecule has 0 radical (unpaired) electrons. The van der Waals surface area contributed by atoms with Gasteiger partial charge in [-0.15, -0.1) is 5.10 Å². The number of esters is 1. The third-order valence-electron chi connectivity index (χ3n) is 2.82. The minimum Gasteiger partial charge on any atom is -0.496 e. The Hall–Kier alpha value is -2.57. The van der Waals surface area contributed by atoms with Crippen molar-refractivity contribution in [2.24, 2.45) is 0 Å². The fraction of sp³-hybridized carbons (Fsp3) is 0.357. The lowest BCUT2D eigenvalue weighted by molar-refractivity contribution is -0.148. The van der Waals surface area contributed by atoms with Gasteiger partial charge in [-0.3, -0.25) is 4.79 Å². The fourth-order valence-electron chi connectivity index (χ4n) is 1.87. The van der Waals surface area contributed by atoms with Crippen LogP contribution >= 0.6 is 0 Å². The number of benzene rings is 1. The van der Waals surface area contributed by atoms with Crippen molar-refractivity contribution in [2.75, 3.05) is 26.1 Å². The highest BCUT2D eigenvalue weighted by atomic mass is 16.6. The molecule has 0 amide bonds. The van der Waals surface area contributed by atoms with Crippen LogP contribution < -0.4 is 9.64 Å². The molecule has 1 heterocycles. The number of hydrogen-bond donors (Lipinski definition) is 0. The summed E-state index contributed by atoms with van der Waals surface area (Å²) in [7, 11) is 5.24. The number of carbonyl (C=O) groups excluding carboxylic acids is 1. The van der Waals surface area contributed by atoms with Gasteiger partial charge in [-0.25, -0.2) is 9.67 Å². The van der Waals surface area contributed by atoms with Gasteiger partial charge in [0.15, 0.2) is 0 Å². The highest BCUT2D eigenvalue weighted by molar-refractivity contribution is 5.66. The van der Waals surface area contributed by atoms with Crippen LogP contribution in [0.15, 0.2) is 30.6 Å². The van der Waals surface area contributed by atoms with E-state index in [2.05, 4.69) is 10.1 Å². The summed E-state index contributed by atoms with van der Waals surface area (Å²) in [6.07, 6.45) is 0.801. The first kappa shape index (κ1) is 14.8. The normalized spacial score (nSPS) is 11.8. The Balaban J connectivity index is 2.44. The second kappa shape index (κ2) is 6.25. The molecule has 1 aromatic carbocycles. The summed E-state index contributed by atoms with van der Waals surface area (Å²) < 4.78 is 12.2. The average Bonchev–Trinajstić information content (AvgIpc) is 2.94. The molecule has 1 atom stereocenters. The number of rotatable bonds is 5. The van der Waals surface area contributed by atoms with E-state index in [-0.39, 0.29) is 0 Å². The zero-order valence-electron chi connectivity index (χ0n) is 12.5. The molecule has 0 spiro atoms. The summed E-state index contributed by atoms with van der Waals surface area (Å²) in [6.45, 7) is 1.35. The molecule has 0 aliphatic rings. The topological polar surface area (TPSA) is 69.5 Å². The first-order chi connectivity index (χ1) is 10.0. The van der Waals surface area contributed by atoms with Crippen molar-refractivity contribution in [1.29, 1.82) is 0 Å². The van der Waals surface area contributed by atoms with Gasteiger partial charge in [-0.2, -0.15) is 0 Å². The molecule has 1 aromatic heterocycles. The summed E-state index contributed by atoms with van der Waals surface area (Å²) in [5.41, 5.74) is 0.699. The number of ether oxygens (including phenoxy) is 2. The van der Waals surface area contributed by atoms with Crippen molar-refractivity contribution < 1.29 is 14.3 Å². The Morgan fingerprint density at radius 1 is 1.33 bits per heavy atom. The number of carbonyl (C=O) groups is 1. The van der Waals surface area contributed by atoms with E-state index in [1.165, 1.54) is 17.9 Å². The molecule has 0 aliphatic carbocycles. The molecule has 112 valence electrons. The molecule has 7 nitrogen and oxygen atoms in total. The lowest BCUT2D eigenvalue weighted by Gasteiger charge is -2.19. The van der Waals surface area contributed by atoms with E-state index < -0.39 is 12.2 Å². The van der Waals surface area contributed by atoms with Crippen molar-refractivity contribution in [1.82, 2.24) is 14.8 Å². The number of para-hydroxylation sites is 1. The van der Waals surface area contributed by atoms with Crippen molar-refractivity contribution in [2.45, 2.75) is 13.2 Å². The van der Waals surface area contributed by atoms with E-state index in [0.717, 1.165) is 0 Å². The van der Waals surface area contributed by atoms with Gasteiger partial charge in [0.25, 0.3) is 0 Å². The Kier molecular flexibility index (Phi) is 4.42. The first-order valence-electron chi connectivity index (χ1n) is 6.41. The van der Waals surface area contributed by atoms with Crippen LogP contribution in [0.25, 0.3) is 0 Å². The van der Waals surface area contributed by atoms with Crippen LogP contribution in [-0.4, -0.2) is 41.9 Å². The second-order valence-corrected chi connectivity index (χ2v) is 4.62. The van der Waals surface area contributed by atoms with Gasteiger partial charge in [0.2, 0.25) is 12.2 Å². The molecule has 2 aromatic rings. The number of anilines is 1. The van der Waals surface area contributed by atoms with Crippen LogP contribution in [0.1, 0.15) is 18.7 Å². The highest BCUT2D eigenvalue weighted by Crippen LogP contribution is 2.28. The molecule has 0 saturated carbocycles. The number of aromatic nitrogens is 3. The predicted octanol–water partition coefficient (Wildman–Crippen LogP) is 1.46. The van der Waals surface area contributed by atoms with Crippen LogP contribution in [0.5, 0.6) is 5.75 Å². The average molecular weight is 290 g/mol. The summed E-state index contributed by atoms with van der Waals surface area (Å²) in [5, 5.41) is 4.31. The van der Waals surface area contributed by atoms with Gasteiger partial charge >= 0.3 is 5.97 Å². The minimum atomic E-state index is -0.722. The maximum Gasteiger partial charge on any atom is 0.304 e. The van der Waals surface area contributed by atoms with Crippen LogP contribution in [0.4, 0.5) is 5.95 Å². The van der Waals surface area contributed by atoms with E-state index in [4.69, 9.17) is 9.47 Å². The molecule has 0 fully saturated rings. The van der Waals surface area contributed by atoms with Gasteiger partial charge in [-0.05, 0) is 12.1 Å². The first-order valence-corrected chi connectivity index (χ1v) is 6.41. The van der Waals surface area contributed by atoms with Crippen molar-refractivity contribution in [3.05, 3.63) is 36.2 Å². The lowest BCUT2D eigenvalue weighted by atomic mass is 10.1. The maximum absolute atomic E-state index is 11.4. The quantitative estimate of drug-likeness (QED) is 0.777. The Morgan fingerprint density at radius 2 is 2.05 bits per heavy atom. The van der Waals surface area contributed by atoms with Crippen LogP contribution in [0.3, 0.4) is 0 Å². The van der Waals surface area contributed by atoms with Gasteiger partial charge < -0.3 is 14.4 Å². The van der Waals surface area contributed by atoms with Crippen LogP contribution in [0, 0.1) is 0 Å². The molecule has 21 heavy (non-hydrogen) atoms. The molecule has 0 saturated heterocycles. The standard InChI is InChI=1S/C14H18N4O3/c1-10(19)21-13(11-7-5-6-8-12(11)20-4)18-9-15-14(16-18)17(2)3/h5-9,13H,1-4H3. The number of nitrogens with zero attached hydrogens (tertiary/aromatic N) is 4. The summed E-state index contributed by atoms with van der Waals surface area (Å²) in [4.78, 5) is 17.3. The third kappa shape index (κ3) is 3.31. The Morgan fingerprint density at radius 3 is 2.62 bits per heavy atom. The monoisotopic (exact) mass is 290 g/mol. The Bertz CT molecular complexity index is 624. The third-order valence-corrected chi connectivity index (χ3v) is 2.82. The minimum absolute atomic E-state index is 0.409. The maximum atomic E-state index is 11.4. The second-order valence-electron chi connectivity index (χ2n) is 4.62. The molecule has 2 rings (SSSR count). The molecule has 0 N–H and O–H groups in total. The fourth-order valence-corrected chi connectivity index (χ4v) is 1.87. The largest absolute Gasteiger partial charge is 0.496 e. The zero-order chi connectivity index (χ0) is 15.4. The van der Waals surface area contributed by atoms with E-state index >= 15 is 0 Å². The molecule has 7 heteroatoms. The molecule has 0 aliphatic heterocycles. The van der Waals surface area contributed by atoms with Gasteiger partial charge in [0.1, 0.15) is 12.1 Å². The van der Waals surface area contributed by atoms with E-state index in [1.807, 2.05) is 32.3 Å². The summed E-state index contributed by atoms with van der Waals surface area (Å²) in [6, 6.07) is 7.32. The molecular weight excluding hydrogens is 272 g/mol. The number of methoxy groups -OCH3 is 1. The van der Waals surface area contributed by atoms with Crippen LogP contribution in [-0.2, 0) is 9.53 Å². The van der Waals surface area contributed by atoms with Crippen molar-refractivity contribution >= 4 is 11.9 Å². The Labute approximate surface area is 123 Å². The van der Waals surface area contributed by atoms with Gasteiger partial charge in [-0.1, -0.05) is 12.1 Å². The van der Waals surface area contributed by atoms with E-state index in [1.54, 1.807) is 18.1 Å². The van der Waals surface area contributed by atoms with Gasteiger partial charge in [0.05, 0.1) is 12.7 Å². The zero-order valence-corrected chi connectivity index (χ0v) is 12.5. The number of hydrogen-bond acceptors (Lipinski definition) is 6. The van der Waals surface area contributed by atoms with Crippen molar-refractivity contribution in [3.8, 4) is 5.75 Å². The highest BCUT2D eigenvalue weighted by Gasteiger charge is 2.22. The SMILES string of the molecule is COc1ccccc1C(OC(C)=O)n1cnc(N(C)C)n1. The predicted molar refractivity (Wildman–Crippen MR) is 77.2 cm³/mol. The summed E-state index contributed by atoms with van der Waals surface area (Å²) in [5.74, 6) is 0.737. The molecule has 1 unspecified atom stereocenters. The lowest BCUT2D eigenvalue weighted by Crippen LogP contribution is -2.19. The molecular formula is C14H18N4O3. The van der Waals surface area contributed by atoms with Crippen LogP contribution in [0.2, 0.25) is 0 Å². The van der Waals surface area contributed by atoms with E-state index in [9.17, 15) is 4.79 Å². The van der Waals surface area contributed by atoms with E-state index in [0.29, 0.717) is 17.3 Å². The summed E-state index contributed by atoms with van der Waals surface area (Å²) >= 11 is 0. The van der Waals surface area contributed by atoms with Crippen molar-refractivity contribution in [3.63, 3.8) is 0 Å². The van der Waals surface area contributed by atoms with Gasteiger partial charge in [0, 0.05) is 21.0 Å². The molecule has 0 bridgehead atoms. The smallest absolute Gasteiger partial charge is 0.304 e.